The van der Waals surface area contributed by atoms with Crippen molar-refractivity contribution in [3.8, 4) is 0 Å². The van der Waals surface area contributed by atoms with Gasteiger partial charge >= 0.3 is 5.97 Å². The van der Waals surface area contributed by atoms with Crippen molar-refractivity contribution in [2.24, 2.45) is 0 Å². The summed E-state index contributed by atoms with van der Waals surface area (Å²) < 4.78 is 5.04. The Kier molecular flexibility index (Phi) is 5.29. The van der Waals surface area contributed by atoms with E-state index in [9.17, 15) is 24.5 Å². The van der Waals surface area contributed by atoms with Gasteiger partial charge in [0.05, 0.1) is 9.79 Å². The average molecular weight is 414 g/mol. The lowest BCUT2D eigenvalue weighted by atomic mass is 10.2. The van der Waals surface area contributed by atoms with E-state index in [1.807, 2.05) is 6.92 Å². The summed E-state index contributed by atoms with van der Waals surface area (Å²) in [7, 11) is 0. The van der Waals surface area contributed by atoms with E-state index in [2.05, 4.69) is 5.32 Å². The number of esters is 1. The third-order valence-electron chi connectivity index (χ3n) is 4.49. The van der Waals surface area contributed by atoms with Crippen LogP contribution in [0.1, 0.15) is 19.8 Å². The Bertz CT molecular complexity index is 834. The van der Waals surface area contributed by atoms with Crippen LogP contribution in [-0.4, -0.2) is 50.9 Å². The Balaban J connectivity index is 1.57. The van der Waals surface area contributed by atoms with Gasteiger partial charge in [-0.05, 0) is 25.5 Å². The molecule has 0 radical (unpaired) electrons. The van der Waals surface area contributed by atoms with Crippen LogP contribution >= 0.6 is 23.4 Å². The SMILES string of the molecule is C[C@@]12CCC(=O)N1[C@H](C(=O)OCC(=O)Nc1ccc(Cl)c([N+](=O)[O-])c1)CS2. The van der Waals surface area contributed by atoms with Crippen LogP contribution in [0.5, 0.6) is 0 Å². The largest absolute Gasteiger partial charge is 0.454 e. The smallest absolute Gasteiger partial charge is 0.330 e. The summed E-state index contributed by atoms with van der Waals surface area (Å²) in [6, 6.07) is 3.09. The van der Waals surface area contributed by atoms with E-state index in [0.717, 1.165) is 6.07 Å². The van der Waals surface area contributed by atoms with Crippen LogP contribution in [0.15, 0.2) is 18.2 Å². The second kappa shape index (κ2) is 7.35. The number of carbonyl (C=O) groups excluding carboxylic acids is 3. The Hall–Kier alpha value is -2.33. The van der Waals surface area contributed by atoms with Crippen LogP contribution in [0.25, 0.3) is 0 Å². The Labute approximate surface area is 163 Å². The quantitative estimate of drug-likeness (QED) is 0.446. The van der Waals surface area contributed by atoms with Crippen LogP contribution < -0.4 is 5.32 Å². The third kappa shape index (κ3) is 3.86. The van der Waals surface area contributed by atoms with Gasteiger partial charge in [0.25, 0.3) is 11.6 Å². The summed E-state index contributed by atoms with van der Waals surface area (Å²) in [5.74, 6) is -0.964. The molecule has 2 aliphatic rings. The first-order valence-electron chi connectivity index (χ1n) is 8.08. The fraction of sp³-hybridized carbons (Fsp3) is 0.438. The normalized spacial score (nSPS) is 23.9. The van der Waals surface area contributed by atoms with E-state index < -0.39 is 34.3 Å². The summed E-state index contributed by atoms with van der Waals surface area (Å²) >= 11 is 7.24. The molecule has 0 bridgehead atoms. The van der Waals surface area contributed by atoms with Gasteiger partial charge in [-0.3, -0.25) is 19.7 Å². The molecule has 0 spiro atoms. The second-order valence-electron chi connectivity index (χ2n) is 6.34. The minimum absolute atomic E-state index is 0.0542. The van der Waals surface area contributed by atoms with E-state index in [4.69, 9.17) is 16.3 Å². The van der Waals surface area contributed by atoms with Crippen molar-refractivity contribution in [3.63, 3.8) is 0 Å². The first-order valence-corrected chi connectivity index (χ1v) is 9.44. The second-order valence-corrected chi connectivity index (χ2v) is 8.25. The molecule has 2 amide bonds. The molecule has 0 aliphatic carbocycles. The highest BCUT2D eigenvalue weighted by molar-refractivity contribution is 8.01. The van der Waals surface area contributed by atoms with Gasteiger partial charge in [-0.2, -0.15) is 0 Å². The highest BCUT2D eigenvalue weighted by atomic mass is 35.5. The number of thioether (sulfide) groups is 1. The number of hydrogen-bond acceptors (Lipinski definition) is 7. The lowest BCUT2D eigenvalue weighted by Crippen LogP contribution is -2.47. The van der Waals surface area contributed by atoms with E-state index >= 15 is 0 Å². The van der Waals surface area contributed by atoms with Crippen molar-refractivity contribution >= 4 is 52.5 Å². The summed E-state index contributed by atoms with van der Waals surface area (Å²) in [5, 5.41) is 13.2. The van der Waals surface area contributed by atoms with Gasteiger partial charge in [0.1, 0.15) is 11.1 Å². The van der Waals surface area contributed by atoms with Crippen molar-refractivity contribution in [2.75, 3.05) is 17.7 Å². The molecule has 27 heavy (non-hydrogen) atoms. The van der Waals surface area contributed by atoms with Crippen molar-refractivity contribution < 1.29 is 24.0 Å². The monoisotopic (exact) mass is 413 g/mol. The standard InChI is InChI=1S/C16H16ClN3O6S/c1-16-5-4-14(22)19(16)12(8-27-16)15(23)26-7-13(21)18-9-2-3-10(17)11(6-9)20(24)25/h2-3,6,12H,4-5,7-8H2,1H3,(H,18,21)/t12-,16+/m0/s1. The molecule has 2 aliphatic heterocycles. The van der Waals surface area contributed by atoms with Crippen LogP contribution in [0.3, 0.4) is 0 Å². The molecule has 0 aromatic heterocycles. The highest BCUT2D eigenvalue weighted by Crippen LogP contribution is 2.47. The van der Waals surface area contributed by atoms with Crippen molar-refractivity contribution in [1.29, 1.82) is 0 Å². The molecule has 3 rings (SSSR count). The molecular weight excluding hydrogens is 398 g/mol. The Morgan fingerprint density at radius 3 is 2.96 bits per heavy atom. The zero-order valence-corrected chi connectivity index (χ0v) is 15.8. The maximum absolute atomic E-state index is 12.3. The third-order valence-corrected chi connectivity index (χ3v) is 6.31. The molecule has 2 heterocycles. The van der Waals surface area contributed by atoms with Gasteiger partial charge in [0.2, 0.25) is 5.91 Å². The number of halogens is 1. The molecule has 1 aromatic carbocycles. The molecule has 1 aromatic rings. The number of anilines is 1. The van der Waals surface area contributed by atoms with Crippen LogP contribution in [0, 0.1) is 10.1 Å². The zero-order valence-electron chi connectivity index (χ0n) is 14.3. The van der Waals surface area contributed by atoms with Crippen molar-refractivity contribution in [2.45, 2.75) is 30.7 Å². The molecule has 0 saturated carbocycles. The average Bonchev–Trinajstić information content (AvgIpc) is 3.10. The number of carbonyl (C=O) groups is 3. The highest BCUT2D eigenvalue weighted by Gasteiger charge is 2.53. The fourth-order valence-corrected chi connectivity index (χ4v) is 4.76. The number of nitro benzene ring substituents is 1. The maximum Gasteiger partial charge on any atom is 0.330 e. The van der Waals surface area contributed by atoms with E-state index in [1.54, 1.807) is 4.90 Å². The van der Waals surface area contributed by atoms with Gasteiger partial charge in [-0.25, -0.2) is 4.79 Å². The molecule has 2 saturated heterocycles. The molecule has 144 valence electrons. The number of amides is 2. The minimum atomic E-state index is -0.709. The predicted molar refractivity (Wildman–Crippen MR) is 98.4 cm³/mol. The van der Waals surface area contributed by atoms with E-state index in [0.29, 0.717) is 18.6 Å². The summed E-state index contributed by atoms with van der Waals surface area (Å²) in [5.41, 5.74) is -0.188. The maximum atomic E-state index is 12.3. The molecule has 9 nitrogen and oxygen atoms in total. The van der Waals surface area contributed by atoms with Crippen LogP contribution in [0.2, 0.25) is 5.02 Å². The topological polar surface area (TPSA) is 119 Å². The summed E-state index contributed by atoms with van der Waals surface area (Å²) in [6.45, 7) is 1.35. The van der Waals surface area contributed by atoms with Crippen LogP contribution in [-0.2, 0) is 19.1 Å². The van der Waals surface area contributed by atoms with Crippen molar-refractivity contribution in [3.05, 3.63) is 33.3 Å². The number of nitro groups is 1. The first-order chi connectivity index (χ1) is 12.7. The van der Waals surface area contributed by atoms with Crippen LogP contribution in [0.4, 0.5) is 11.4 Å². The number of ether oxygens (including phenoxy) is 1. The molecule has 11 heteroatoms. The zero-order chi connectivity index (χ0) is 19.8. The summed E-state index contributed by atoms with van der Waals surface area (Å²) in [6.07, 6.45) is 1.07. The number of hydrogen-bond donors (Lipinski definition) is 1. The lowest BCUT2D eigenvalue weighted by molar-refractivity contribution is -0.384. The first kappa shape index (κ1) is 19.4. The van der Waals surface area contributed by atoms with E-state index in [-0.39, 0.29) is 22.3 Å². The van der Waals surface area contributed by atoms with Gasteiger partial charge < -0.3 is 15.0 Å². The molecule has 1 N–H and O–H groups in total. The minimum Gasteiger partial charge on any atom is -0.454 e. The number of rotatable bonds is 5. The molecule has 0 unspecified atom stereocenters. The summed E-state index contributed by atoms with van der Waals surface area (Å²) in [4.78, 5) is 47.7. The molecule has 2 fully saturated rings. The number of fused-ring (bicyclic) bond motifs is 1. The fourth-order valence-electron chi connectivity index (χ4n) is 3.16. The predicted octanol–water partition coefficient (Wildman–Crippen LogP) is 2.18. The lowest BCUT2D eigenvalue weighted by Gasteiger charge is -2.29. The van der Waals surface area contributed by atoms with Gasteiger partial charge in [0, 0.05) is 23.9 Å². The molecule has 2 atom stereocenters. The Morgan fingerprint density at radius 1 is 1.52 bits per heavy atom. The number of nitrogens with one attached hydrogen (secondary N) is 1. The van der Waals surface area contributed by atoms with Gasteiger partial charge in [-0.15, -0.1) is 11.8 Å². The number of benzene rings is 1. The Morgan fingerprint density at radius 2 is 2.26 bits per heavy atom. The molecular formula is C16H16ClN3O6S. The van der Waals surface area contributed by atoms with Crippen molar-refractivity contribution in [1.82, 2.24) is 4.90 Å². The van der Waals surface area contributed by atoms with E-state index in [1.165, 1.54) is 23.9 Å². The van der Waals surface area contributed by atoms with Gasteiger partial charge in [0.15, 0.2) is 6.61 Å². The van der Waals surface area contributed by atoms with Gasteiger partial charge in [-0.1, -0.05) is 11.6 Å². The number of nitrogens with zero attached hydrogens (tertiary/aromatic N) is 2.